The summed E-state index contributed by atoms with van der Waals surface area (Å²) in [5.41, 5.74) is 6.54. The second-order valence-corrected chi connectivity index (χ2v) is 12.3. The Morgan fingerprint density at radius 3 is 1.98 bits per heavy atom. The molecule has 8 rings (SSSR count). The average molecular weight is 560 g/mol. The van der Waals surface area contributed by atoms with Gasteiger partial charge in [-0.2, -0.15) is 0 Å². The summed E-state index contributed by atoms with van der Waals surface area (Å²) >= 11 is 0. The lowest BCUT2D eigenvalue weighted by Crippen LogP contribution is -2.20. The Labute approximate surface area is 244 Å². The molecule has 200 valence electrons. The van der Waals surface area contributed by atoms with Crippen LogP contribution >= 0.6 is 7.92 Å². The zero-order valence-electron chi connectivity index (χ0n) is 22.7. The van der Waals surface area contributed by atoms with Gasteiger partial charge in [-0.15, -0.1) is 0 Å². The van der Waals surface area contributed by atoms with Gasteiger partial charge < -0.3 is 9.40 Å². The number of aromatic nitrogens is 2. The van der Waals surface area contributed by atoms with Crippen LogP contribution in [0.25, 0.3) is 38.7 Å². The van der Waals surface area contributed by atoms with Crippen LogP contribution < -0.4 is 21.5 Å². The number of H-pyrrole nitrogens is 1. The molecule has 0 aliphatic heterocycles. The van der Waals surface area contributed by atoms with Crippen LogP contribution in [0.1, 0.15) is 0 Å². The minimum Gasteiger partial charge on any atom is -0.455 e. The van der Waals surface area contributed by atoms with E-state index >= 15 is 0 Å². The van der Waals surface area contributed by atoms with Crippen molar-refractivity contribution in [3.63, 3.8) is 0 Å². The molecule has 5 heteroatoms. The second-order valence-electron chi connectivity index (χ2n) is 10.2. The Balaban J connectivity index is 1.42. The number of hydrogen-bond donors (Lipinski definition) is 1. The van der Waals surface area contributed by atoms with Gasteiger partial charge in [-0.25, -0.2) is 4.99 Å². The lowest BCUT2D eigenvalue weighted by Gasteiger charge is -2.19. The fourth-order valence-electron chi connectivity index (χ4n) is 5.77. The Bertz CT molecular complexity index is 2210. The van der Waals surface area contributed by atoms with Crippen molar-refractivity contribution >= 4 is 62.5 Å². The molecule has 0 aliphatic carbocycles. The molecule has 0 saturated carbocycles. The summed E-state index contributed by atoms with van der Waals surface area (Å²) in [4.78, 5) is 8.59. The maximum atomic E-state index is 6.78. The molecule has 0 aliphatic rings. The van der Waals surface area contributed by atoms with Crippen LogP contribution in [0.15, 0.2) is 161 Å². The van der Waals surface area contributed by atoms with Crippen LogP contribution in [0.2, 0.25) is 0 Å². The van der Waals surface area contributed by atoms with Crippen molar-refractivity contribution in [2.75, 3.05) is 0 Å². The van der Waals surface area contributed by atoms with Gasteiger partial charge >= 0.3 is 0 Å². The third-order valence-corrected chi connectivity index (χ3v) is 10.0. The molecule has 4 nitrogen and oxygen atoms in total. The number of hydrogen-bond acceptors (Lipinski definition) is 2. The summed E-state index contributed by atoms with van der Waals surface area (Å²) in [5, 5.41) is 5.97. The molecular weight excluding hydrogens is 533 g/mol. The first-order valence-electron chi connectivity index (χ1n) is 14.0. The van der Waals surface area contributed by atoms with Gasteiger partial charge in [-0.1, -0.05) is 115 Å². The molecule has 42 heavy (non-hydrogen) atoms. The molecule has 2 aromatic heterocycles. The molecule has 0 bridgehead atoms. The van der Waals surface area contributed by atoms with Crippen molar-refractivity contribution in [2.24, 2.45) is 4.99 Å². The minimum atomic E-state index is -0.830. The number of benzene rings is 6. The summed E-state index contributed by atoms with van der Waals surface area (Å²) in [6.07, 6.45) is 0. The molecule has 0 unspecified atom stereocenters. The normalized spacial score (nSPS) is 12.2. The van der Waals surface area contributed by atoms with E-state index in [0.29, 0.717) is 0 Å². The summed E-state index contributed by atoms with van der Waals surface area (Å²) < 4.78 is 8.99. The van der Waals surface area contributed by atoms with Crippen LogP contribution in [0.5, 0.6) is 0 Å². The van der Waals surface area contributed by atoms with E-state index in [0.717, 1.165) is 50.0 Å². The largest absolute Gasteiger partial charge is 0.455 e. The fourth-order valence-corrected chi connectivity index (χ4v) is 8.17. The molecule has 6 aromatic carbocycles. The van der Waals surface area contributed by atoms with Gasteiger partial charge in [0, 0.05) is 10.7 Å². The third-order valence-electron chi connectivity index (χ3n) is 7.58. The fraction of sp³-hybridized carbons (Fsp3) is 0. The number of nitrogens with zero attached hydrogens (tertiary/aromatic N) is 2. The molecule has 2 heterocycles. The highest BCUT2D eigenvalue weighted by Gasteiger charge is 2.23. The number of imidazole rings is 1. The highest BCUT2D eigenvalue weighted by atomic mass is 31.1. The van der Waals surface area contributed by atoms with E-state index in [4.69, 9.17) is 9.41 Å². The van der Waals surface area contributed by atoms with Crippen molar-refractivity contribution in [1.82, 2.24) is 9.55 Å². The lowest BCUT2D eigenvalue weighted by molar-refractivity contribution is 0.671. The first-order valence-corrected chi connectivity index (χ1v) is 15.3. The van der Waals surface area contributed by atoms with E-state index in [1.54, 1.807) is 0 Å². The zero-order valence-corrected chi connectivity index (χ0v) is 23.6. The highest BCUT2D eigenvalue weighted by molar-refractivity contribution is 7.80. The summed E-state index contributed by atoms with van der Waals surface area (Å²) in [6.45, 7) is 0. The van der Waals surface area contributed by atoms with E-state index in [-0.39, 0.29) is 0 Å². The average Bonchev–Trinajstić information content (AvgIpc) is 3.61. The van der Waals surface area contributed by atoms with Crippen molar-refractivity contribution in [3.8, 4) is 5.69 Å². The lowest BCUT2D eigenvalue weighted by atomic mass is 10.1. The Morgan fingerprint density at radius 2 is 1.24 bits per heavy atom. The second kappa shape index (κ2) is 10.3. The number of rotatable bonds is 5. The molecular formula is C37H26N3OP. The monoisotopic (exact) mass is 559 g/mol. The van der Waals surface area contributed by atoms with Gasteiger partial charge in [-0.3, -0.25) is 4.57 Å². The molecule has 0 radical (unpaired) electrons. The number of fused-ring (bicyclic) bond motifs is 4. The summed E-state index contributed by atoms with van der Waals surface area (Å²) in [7, 11) is -0.830. The van der Waals surface area contributed by atoms with Crippen molar-refractivity contribution in [1.29, 1.82) is 0 Å². The molecule has 8 aromatic rings. The van der Waals surface area contributed by atoms with Gasteiger partial charge in [0.15, 0.2) is 0 Å². The first-order chi connectivity index (χ1) is 20.8. The maximum Gasteiger partial charge on any atom is 0.213 e. The Morgan fingerprint density at radius 1 is 0.595 bits per heavy atom. The van der Waals surface area contributed by atoms with E-state index in [1.165, 1.54) is 15.9 Å². The molecule has 0 spiro atoms. The van der Waals surface area contributed by atoms with Crippen molar-refractivity contribution < 1.29 is 4.42 Å². The van der Waals surface area contributed by atoms with Gasteiger partial charge in [0.2, 0.25) is 5.62 Å². The van der Waals surface area contributed by atoms with Crippen molar-refractivity contribution in [2.45, 2.75) is 0 Å². The smallest absolute Gasteiger partial charge is 0.213 e. The number of para-hydroxylation sites is 4. The number of nitrogens with one attached hydrogen (secondary N) is 1. The van der Waals surface area contributed by atoms with Gasteiger partial charge in [0.05, 0.1) is 27.8 Å². The van der Waals surface area contributed by atoms with Crippen LogP contribution in [0.4, 0.5) is 5.69 Å². The predicted molar refractivity (Wildman–Crippen MR) is 175 cm³/mol. The molecule has 0 amide bonds. The SMILES string of the molecule is c1ccc(N=c2[nH]c3ccccc3n2-c2cccc3oc4c(P(c5ccccc5)c5ccccc5)cccc4c23)cc1. The van der Waals surface area contributed by atoms with Gasteiger partial charge in [-0.05, 0) is 54.9 Å². The van der Waals surface area contributed by atoms with Crippen LogP contribution in [0.3, 0.4) is 0 Å². The Hall–Kier alpha value is -5.18. The van der Waals surface area contributed by atoms with E-state index in [2.05, 4.69) is 125 Å². The number of furan rings is 1. The van der Waals surface area contributed by atoms with E-state index < -0.39 is 7.92 Å². The molecule has 0 saturated heterocycles. The summed E-state index contributed by atoms with van der Waals surface area (Å²) in [6, 6.07) is 52.8. The van der Waals surface area contributed by atoms with Crippen LogP contribution in [-0.2, 0) is 0 Å². The molecule has 0 atom stereocenters. The van der Waals surface area contributed by atoms with Crippen LogP contribution in [-0.4, -0.2) is 9.55 Å². The predicted octanol–water partition coefficient (Wildman–Crippen LogP) is 7.85. The Kier molecular flexibility index (Phi) is 6.05. The zero-order chi connectivity index (χ0) is 27.9. The molecule has 0 fully saturated rings. The van der Waals surface area contributed by atoms with Gasteiger partial charge in [0.25, 0.3) is 0 Å². The topological polar surface area (TPSA) is 46.2 Å². The van der Waals surface area contributed by atoms with E-state index in [1.807, 2.05) is 36.4 Å². The highest BCUT2D eigenvalue weighted by Crippen LogP contribution is 2.40. The first kappa shape index (κ1) is 24.6. The minimum absolute atomic E-state index is 0.760. The van der Waals surface area contributed by atoms with Crippen molar-refractivity contribution in [3.05, 3.63) is 157 Å². The molecule has 1 N–H and O–H groups in total. The van der Waals surface area contributed by atoms with Gasteiger partial charge in [0.1, 0.15) is 11.2 Å². The van der Waals surface area contributed by atoms with Crippen LogP contribution in [0, 0.1) is 0 Å². The maximum absolute atomic E-state index is 6.78. The quantitative estimate of drug-likeness (QED) is 0.215. The third kappa shape index (κ3) is 4.16. The standard InChI is InChI=1S/C37H26N3OP/c1-4-14-26(15-5-1)38-37-39-30-21-10-11-22-31(30)40(37)32-23-13-24-33-35(32)29-20-12-25-34(36(29)41-33)42(27-16-6-2-7-17-27)28-18-8-3-9-19-28/h1-25H,(H,38,39). The van der Waals surface area contributed by atoms with E-state index in [9.17, 15) is 0 Å². The number of aromatic amines is 1. The summed E-state index contributed by atoms with van der Waals surface area (Å²) in [5.74, 6) is 0.